The van der Waals surface area contributed by atoms with Crippen molar-refractivity contribution >= 4 is 18.9 Å². The number of anilines is 1. The van der Waals surface area contributed by atoms with Crippen molar-refractivity contribution in [3.8, 4) is 0 Å². The van der Waals surface area contributed by atoms with Gasteiger partial charge in [0.1, 0.15) is 0 Å². The second kappa shape index (κ2) is 4.45. The molecule has 6 heteroatoms. The summed E-state index contributed by atoms with van der Waals surface area (Å²) in [6.07, 6.45) is 1.50. The van der Waals surface area contributed by atoms with Crippen molar-refractivity contribution in [3.05, 3.63) is 29.3 Å². The summed E-state index contributed by atoms with van der Waals surface area (Å²) in [5.41, 5.74) is 7.46. The molecule has 1 aromatic carbocycles. The van der Waals surface area contributed by atoms with Gasteiger partial charge in [-0.25, -0.2) is 0 Å². The SMILES string of the molecule is Cc1ccc(C(=O)N[S](C)(=O)=[W])c(N)c1. The van der Waals surface area contributed by atoms with Crippen LogP contribution in [0.2, 0.25) is 0 Å². The summed E-state index contributed by atoms with van der Waals surface area (Å²) in [6.45, 7) is 1.89. The predicted molar refractivity (Wildman–Crippen MR) is 57.1 cm³/mol. The van der Waals surface area contributed by atoms with E-state index in [1.54, 1.807) is 18.2 Å². The molecule has 1 aromatic rings. The molecule has 1 unspecified atom stereocenters. The summed E-state index contributed by atoms with van der Waals surface area (Å²) < 4.78 is 13.9. The number of nitrogens with one attached hydrogen (secondary N) is 1. The monoisotopic (exact) mass is 396 g/mol. The Kier molecular flexibility index (Phi) is 3.68. The molecule has 4 nitrogen and oxygen atoms in total. The van der Waals surface area contributed by atoms with Gasteiger partial charge < -0.3 is 0 Å². The van der Waals surface area contributed by atoms with Crippen molar-refractivity contribution in [2.75, 3.05) is 12.0 Å². The third kappa shape index (κ3) is 3.76. The van der Waals surface area contributed by atoms with Crippen LogP contribution in [-0.4, -0.2) is 16.4 Å². The van der Waals surface area contributed by atoms with E-state index in [4.69, 9.17) is 5.73 Å². The van der Waals surface area contributed by atoms with E-state index in [1.165, 1.54) is 6.26 Å². The molecule has 0 fully saturated rings. The van der Waals surface area contributed by atoms with E-state index >= 15 is 0 Å². The molecule has 1 amide bonds. The molecule has 0 aliphatic carbocycles. The van der Waals surface area contributed by atoms with Gasteiger partial charge in [-0.3, -0.25) is 0 Å². The standard InChI is InChI=1S/C9H12N2O2S.W/c1-6-3-4-7(8(10)5-6)9(12)11-14(2)13;/h3-5H,10H2,1-2H3,(H,11,12);. The molecule has 0 bridgehead atoms. The second-order valence-corrected chi connectivity index (χ2v) is 11.9. The van der Waals surface area contributed by atoms with Crippen LogP contribution in [0.15, 0.2) is 18.2 Å². The van der Waals surface area contributed by atoms with Crippen LogP contribution in [0.1, 0.15) is 15.9 Å². The van der Waals surface area contributed by atoms with E-state index in [2.05, 4.69) is 4.72 Å². The molecule has 0 radical (unpaired) electrons. The second-order valence-electron chi connectivity index (χ2n) is 3.29. The van der Waals surface area contributed by atoms with Gasteiger partial charge in [0.15, 0.2) is 0 Å². The third-order valence-corrected chi connectivity index (χ3v) is 3.18. The average molecular weight is 396 g/mol. The van der Waals surface area contributed by atoms with Gasteiger partial charge in [-0.05, 0) is 0 Å². The van der Waals surface area contributed by atoms with Gasteiger partial charge in [0, 0.05) is 0 Å². The normalized spacial score (nSPS) is 14.3. The fraction of sp³-hybridized carbons (Fsp3) is 0.222. The summed E-state index contributed by atoms with van der Waals surface area (Å²) in [7, 11) is -2.22. The minimum absolute atomic E-state index is 0.372. The number of aryl methyl sites for hydroxylation is 1. The van der Waals surface area contributed by atoms with Crippen LogP contribution in [0.4, 0.5) is 5.69 Å². The van der Waals surface area contributed by atoms with Crippen molar-refractivity contribution in [2.45, 2.75) is 6.92 Å². The van der Waals surface area contributed by atoms with Gasteiger partial charge >= 0.3 is 98.9 Å². The summed E-state index contributed by atoms with van der Waals surface area (Å²) in [4.78, 5) is 11.6. The number of carbonyl (C=O) groups excluding carboxylic acids is 1. The zero-order valence-corrected chi connectivity index (χ0v) is 12.2. The Morgan fingerprint density at radius 2 is 2.13 bits per heavy atom. The van der Waals surface area contributed by atoms with E-state index in [-0.39, 0.29) is 5.91 Å². The average Bonchev–Trinajstić information content (AvgIpc) is 1.99. The summed E-state index contributed by atoms with van der Waals surface area (Å²) in [5.74, 6) is -0.380. The molecular formula is C9H12N2O2SW. The first kappa shape index (κ1) is 12.4. The van der Waals surface area contributed by atoms with Gasteiger partial charge in [-0.2, -0.15) is 0 Å². The fourth-order valence-electron chi connectivity index (χ4n) is 1.11. The zero-order valence-electron chi connectivity index (χ0n) is 8.44. The number of hydrogen-bond acceptors (Lipinski definition) is 3. The van der Waals surface area contributed by atoms with Gasteiger partial charge in [0.05, 0.1) is 0 Å². The van der Waals surface area contributed by atoms with Crippen LogP contribution in [0, 0.1) is 6.92 Å². The van der Waals surface area contributed by atoms with E-state index in [0.29, 0.717) is 11.3 Å². The van der Waals surface area contributed by atoms with Gasteiger partial charge in [0.2, 0.25) is 0 Å². The molecule has 1 atom stereocenters. The van der Waals surface area contributed by atoms with Crippen LogP contribution in [0.3, 0.4) is 0 Å². The first-order valence-electron chi connectivity index (χ1n) is 4.18. The fourth-order valence-corrected chi connectivity index (χ4v) is 2.37. The first-order chi connectivity index (χ1) is 6.79. The zero-order chi connectivity index (χ0) is 11.6. The van der Waals surface area contributed by atoms with Gasteiger partial charge in [-0.1, -0.05) is 0 Å². The number of benzene rings is 1. The Hall–Kier alpha value is -0.672. The molecular weight excluding hydrogens is 384 g/mol. The molecule has 0 saturated heterocycles. The number of hydrogen-bond donors (Lipinski definition) is 2. The molecule has 1 rings (SSSR count). The van der Waals surface area contributed by atoms with Crippen LogP contribution >= 0.6 is 0 Å². The number of nitrogen functional groups attached to an aromatic ring is 1. The van der Waals surface area contributed by atoms with Crippen molar-refractivity contribution in [3.63, 3.8) is 0 Å². The molecule has 0 aliphatic rings. The molecule has 0 heterocycles. The van der Waals surface area contributed by atoms with Gasteiger partial charge in [-0.15, -0.1) is 0 Å². The van der Waals surface area contributed by atoms with E-state index in [9.17, 15) is 9.00 Å². The van der Waals surface area contributed by atoms with Crippen molar-refractivity contribution in [1.29, 1.82) is 0 Å². The Labute approximate surface area is 98.7 Å². The van der Waals surface area contributed by atoms with Crippen LogP contribution in [0.25, 0.3) is 0 Å². The molecule has 0 saturated carbocycles. The number of carbonyl (C=O) groups is 1. The van der Waals surface area contributed by atoms with Crippen LogP contribution in [-0.2, 0) is 25.3 Å². The maximum atomic E-state index is 11.6. The van der Waals surface area contributed by atoms with Crippen LogP contribution in [0.5, 0.6) is 0 Å². The Bertz CT molecular complexity index is 497. The van der Waals surface area contributed by atoms with Gasteiger partial charge in [0.25, 0.3) is 0 Å². The van der Waals surface area contributed by atoms with Crippen molar-refractivity contribution in [1.82, 2.24) is 4.72 Å². The molecule has 0 aromatic heterocycles. The maximum absolute atomic E-state index is 11.6. The topological polar surface area (TPSA) is 72.2 Å². The Morgan fingerprint density at radius 1 is 1.53 bits per heavy atom. The molecule has 0 aliphatic heterocycles. The van der Waals surface area contributed by atoms with E-state index in [1.807, 2.05) is 6.92 Å². The Balaban J connectivity index is 3.02. The minimum atomic E-state index is -2.22. The Morgan fingerprint density at radius 3 is 2.60 bits per heavy atom. The van der Waals surface area contributed by atoms with E-state index in [0.717, 1.165) is 23.6 Å². The third-order valence-electron chi connectivity index (χ3n) is 1.73. The summed E-state index contributed by atoms with van der Waals surface area (Å²) in [6, 6.07) is 5.15. The summed E-state index contributed by atoms with van der Waals surface area (Å²) >= 11 is 0.844. The summed E-state index contributed by atoms with van der Waals surface area (Å²) in [5, 5.41) is 0. The number of nitrogens with two attached hydrogens (primary N) is 1. The molecule has 82 valence electrons. The molecule has 3 N–H and O–H groups in total. The van der Waals surface area contributed by atoms with Crippen molar-refractivity contribution in [2.24, 2.45) is 0 Å². The first-order valence-corrected chi connectivity index (χ1v) is 9.66. The predicted octanol–water partition coefficient (Wildman–Crippen LogP) is 0.598. The van der Waals surface area contributed by atoms with E-state index < -0.39 is 7.31 Å². The number of amides is 1. The van der Waals surface area contributed by atoms with Crippen molar-refractivity contribution < 1.29 is 27.0 Å². The molecule has 0 spiro atoms. The van der Waals surface area contributed by atoms with Crippen LogP contribution < -0.4 is 10.5 Å². The molecule has 15 heavy (non-hydrogen) atoms. The quantitative estimate of drug-likeness (QED) is 0.720. The number of rotatable bonds is 2.